The van der Waals surface area contributed by atoms with Gasteiger partial charge in [0.25, 0.3) is 5.91 Å². The Kier molecular flexibility index (Phi) is 5.56. The quantitative estimate of drug-likeness (QED) is 0.627. The van der Waals surface area contributed by atoms with Crippen LogP contribution in [0.1, 0.15) is 15.9 Å². The van der Waals surface area contributed by atoms with Crippen molar-refractivity contribution < 1.29 is 22.7 Å². The van der Waals surface area contributed by atoms with Gasteiger partial charge in [-0.1, -0.05) is 24.3 Å². The Labute approximate surface area is 181 Å². The second-order valence-electron chi connectivity index (χ2n) is 7.16. The van der Waals surface area contributed by atoms with Crippen molar-refractivity contribution in [1.29, 1.82) is 0 Å². The number of sulfonamides is 1. The SMILES string of the molecule is COc1ccc(CCS(=O)(=O)Nc2ccc3c(c2)C(=O)N(C)c2ccccc2O3)cc1. The molecular formula is C23H22N2O5S. The first-order chi connectivity index (χ1) is 14.9. The van der Waals surface area contributed by atoms with Crippen molar-refractivity contribution >= 4 is 27.3 Å². The molecule has 4 rings (SSSR count). The van der Waals surface area contributed by atoms with Crippen LogP contribution in [0.15, 0.2) is 66.7 Å². The van der Waals surface area contributed by atoms with E-state index in [9.17, 15) is 13.2 Å². The smallest absolute Gasteiger partial charge is 0.261 e. The van der Waals surface area contributed by atoms with Crippen LogP contribution in [0.5, 0.6) is 17.2 Å². The van der Waals surface area contributed by atoms with Crippen LogP contribution in [0.4, 0.5) is 11.4 Å². The van der Waals surface area contributed by atoms with E-state index in [1.165, 1.54) is 11.0 Å². The van der Waals surface area contributed by atoms with E-state index in [2.05, 4.69) is 4.72 Å². The molecule has 31 heavy (non-hydrogen) atoms. The topological polar surface area (TPSA) is 84.9 Å². The van der Waals surface area contributed by atoms with Gasteiger partial charge in [0.1, 0.15) is 11.5 Å². The Bertz CT molecular complexity index is 1220. The van der Waals surface area contributed by atoms with Gasteiger partial charge in [0.15, 0.2) is 5.75 Å². The van der Waals surface area contributed by atoms with Gasteiger partial charge in [-0.15, -0.1) is 0 Å². The van der Waals surface area contributed by atoms with E-state index in [-0.39, 0.29) is 17.2 Å². The van der Waals surface area contributed by atoms with Crippen molar-refractivity contribution in [3.63, 3.8) is 0 Å². The highest BCUT2D eigenvalue weighted by Gasteiger charge is 2.26. The van der Waals surface area contributed by atoms with Crippen LogP contribution >= 0.6 is 0 Å². The fourth-order valence-corrected chi connectivity index (χ4v) is 4.45. The molecule has 7 nitrogen and oxygen atoms in total. The van der Waals surface area contributed by atoms with Crippen LogP contribution < -0.4 is 19.1 Å². The summed E-state index contributed by atoms with van der Waals surface area (Å²) >= 11 is 0. The third-order valence-electron chi connectivity index (χ3n) is 5.05. The number of aryl methyl sites for hydroxylation is 1. The molecule has 0 fully saturated rings. The van der Waals surface area contributed by atoms with Crippen molar-refractivity contribution in [2.75, 3.05) is 29.5 Å². The van der Waals surface area contributed by atoms with Gasteiger partial charge in [-0.3, -0.25) is 9.52 Å². The Morgan fingerprint density at radius 3 is 2.48 bits per heavy atom. The maximum Gasteiger partial charge on any atom is 0.261 e. The summed E-state index contributed by atoms with van der Waals surface area (Å²) in [5, 5.41) is 0. The zero-order valence-corrected chi connectivity index (χ0v) is 18.0. The number of hydrogen-bond donors (Lipinski definition) is 1. The fourth-order valence-electron chi connectivity index (χ4n) is 3.35. The molecule has 1 heterocycles. The van der Waals surface area contributed by atoms with Crippen molar-refractivity contribution in [3.05, 3.63) is 77.9 Å². The Morgan fingerprint density at radius 1 is 1.00 bits per heavy atom. The van der Waals surface area contributed by atoms with E-state index in [1.807, 2.05) is 24.3 Å². The number of fused-ring (bicyclic) bond motifs is 2. The van der Waals surface area contributed by atoms with Gasteiger partial charge >= 0.3 is 0 Å². The molecular weight excluding hydrogens is 416 g/mol. The van der Waals surface area contributed by atoms with E-state index >= 15 is 0 Å². The summed E-state index contributed by atoms with van der Waals surface area (Å²) in [6, 6.07) is 19.2. The minimum absolute atomic E-state index is 0.0911. The normalized spacial score (nSPS) is 13.0. The molecule has 3 aromatic rings. The van der Waals surface area contributed by atoms with Gasteiger partial charge < -0.3 is 14.4 Å². The van der Waals surface area contributed by atoms with Gasteiger partial charge in [-0.05, 0) is 54.4 Å². The third kappa shape index (κ3) is 4.49. The molecule has 3 aromatic carbocycles. The number of nitrogens with one attached hydrogen (secondary N) is 1. The summed E-state index contributed by atoms with van der Waals surface area (Å²) in [5.74, 6) is 1.28. The molecule has 1 aliphatic rings. The molecule has 0 aromatic heterocycles. The maximum absolute atomic E-state index is 12.9. The number of nitrogens with zero attached hydrogens (tertiary/aromatic N) is 1. The maximum atomic E-state index is 12.9. The van der Waals surface area contributed by atoms with Crippen LogP contribution in [0.3, 0.4) is 0 Å². The first-order valence-corrected chi connectivity index (χ1v) is 11.3. The molecule has 0 bridgehead atoms. The summed E-state index contributed by atoms with van der Waals surface area (Å²) in [5.41, 5.74) is 2.13. The standard InChI is InChI=1S/C23H22N2O5S/c1-25-20-5-3-4-6-22(20)30-21-12-9-17(15-19(21)23(25)26)24-31(27,28)14-13-16-7-10-18(29-2)11-8-16/h3-12,15,24H,13-14H2,1-2H3. The number of amides is 1. The van der Waals surface area contributed by atoms with Gasteiger partial charge in [-0.2, -0.15) is 0 Å². The van der Waals surface area contributed by atoms with Crippen LogP contribution in [0.2, 0.25) is 0 Å². The van der Waals surface area contributed by atoms with Crippen LogP contribution in [-0.4, -0.2) is 34.2 Å². The summed E-state index contributed by atoms with van der Waals surface area (Å²) < 4.78 is 38.8. The van der Waals surface area contributed by atoms with Crippen LogP contribution in [0, 0.1) is 0 Å². The Hall–Kier alpha value is -3.52. The number of rotatable bonds is 6. The molecule has 0 spiro atoms. The summed E-state index contributed by atoms with van der Waals surface area (Å²) in [4.78, 5) is 14.4. The van der Waals surface area contributed by atoms with Gasteiger partial charge in [0, 0.05) is 12.7 Å². The highest BCUT2D eigenvalue weighted by atomic mass is 32.2. The summed E-state index contributed by atoms with van der Waals surface area (Å²) in [6.07, 6.45) is 0.352. The van der Waals surface area contributed by atoms with E-state index in [1.54, 1.807) is 50.6 Å². The molecule has 0 unspecified atom stereocenters. The molecule has 1 amide bonds. The minimum atomic E-state index is -3.62. The Balaban J connectivity index is 1.51. The predicted molar refractivity (Wildman–Crippen MR) is 120 cm³/mol. The number of methoxy groups -OCH3 is 1. The van der Waals surface area contributed by atoms with Gasteiger partial charge in [0.2, 0.25) is 10.0 Å². The summed E-state index contributed by atoms with van der Waals surface area (Å²) in [6.45, 7) is 0. The van der Waals surface area contributed by atoms with Crippen molar-refractivity contribution in [2.24, 2.45) is 0 Å². The highest BCUT2D eigenvalue weighted by Crippen LogP contribution is 2.38. The van der Waals surface area contributed by atoms with E-state index in [0.29, 0.717) is 35.0 Å². The molecule has 8 heteroatoms. The third-order valence-corrected chi connectivity index (χ3v) is 6.34. The number of anilines is 2. The van der Waals surface area contributed by atoms with E-state index < -0.39 is 10.0 Å². The number of benzene rings is 3. The number of hydrogen-bond acceptors (Lipinski definition) is 5. The molecule has 0 saturated carbocycles. The van der Waals surface area contributed by atoms with E-state index in [4.69, 9.17) is 9.47 Å². The van der Waals surface area contributed by atoms with Gasteiger partial charge in [-0.25, -0.2) is 8.42 Å². The number of para-hydroxylation sites is 2. The van der Waals surface area contributed by atoms with E-state index in [0.717, 1.165) is 5.56 Å². The lowest BCUT2D eigenvalue weighted by molar-refractivity contribution is 0.0993. The lowest BCUT2D eigenvalue weighted by Crippen LogP contribution is -2.25. The van der Waals surface area contributed by atoms with Crippen LogP contribution in [0.25, 0.3) is 0 Å². The monoisotopic (exact) mass is 438 g/mol. The largest absolute Gasteiger partial charge is 0.497 e. The molecule has 0 saturated heterocycles. The molecule has 1 N–H and O–H groups in total. The summed E-state index contributed by atoms with van der Waals surface area (Å²) in [7, 11) is -0.378. The van der Waals surface area contributed by atoms with Crippen molar-refractivity contribution in [3.8, 4) is 17.2 Å². The minimum Gasteiger partial charge on any atom is -0.497 e. The number of carbonyl (C=O) groups excluding carboxylic acids is 1. The number of carbonyl (C=O) groups is 1. The molecule has 0 aliphatic carbocycles. The number of ether oxygens (including phenoxy) is 2. The molecule has 0 radical (unpaired) electrons. The lowest BCUT2D eigenvalue weighted by atomic mass is 10.1. The van der Waals surface area contributed by atoms with Crippen LogP contribution in [-0.2, 0) is 16.4 Å². The first kappa shape index (κ1) is 20.7. The second-order valence-corrected chi connectivity index (χ2v) is 9.01. The van der Waals surface area contributed by atoms with Crippen molar-refractivity contribution in [1.82, 2.24) is 0 Å². The molecule has 0 atom stereocenters. The highest BCUT2D eigenvalue weighted by molar-refractivity contribution is 7.92. The zero-order valence-electron chi connectivity index (χ0n) is 17.2. The average Bonchev–Trinajstić information content (AvgIpc) is 2.88. The molecule has 1 aliphatic heterocycles. The Morgan fingerprint density at radius 2 is 1.74 bits per heavy atom. The molecule has 160 valence electrons. The predicted octanol–water partition coefficient (Wildman–Crippen LogP) is 4.06. The first-order valence-electron chi connectivity index (χ1n) is 9.69. The average molecular weight is 439 g/mol. The second kappa shape index (κ2) is 8.31. The zero-order chi connectivity index (χ0) is 22.0. The van der Waals surface area contributed by atoms with Gasteiger partial charge in [0.05, 0.1) is 24.1 Å². The fraction of sp³-hybridized carbons (Fsp3) is 0.174. The van der Waals surface area contributed by atoms with Crippen molar-refractivity contribution in [2.45, 2.75) is 6.42 Å². The lowest BCUT2D eigenvalue weighted by Gasteiger charge is -2.16.